The SMILES string of the molecule is NCC(O)(CCOCCC1CC1)c1ccccc1. The maximum Gasteiger partial charge on any atom is 0.104 e. The molecule has 3 heteroatoms. The Morgan fingerprint density at radius 1 is 1.22 bits per heavy atom. The van der Waals surface area contributed by atoms with Gasteiger partial charge in [-0.3, -0.25) is 0 Å². The standard InChI is InChI=1S/C15H23NO2/c16-12-15(17,14-4-2-1-3-5-14)9-11-18-10-8-13-6-7-13/h1-5,13,17H,6-12,16H2. The minimum atomic E-state index is -0.957. The van der Waals surface area contributed by atoms with Gasteiger partial charge in [0.15, 0.2) is 0 Å². The first kappa shape index (κ1) is 13.5. The monoisotopic (exact) mass is 249 g/mol. The van der Waals surface area contributed by atoms with E-state index in [-0.39, 0.29) is 6.54 Å². The van der Waals surface area contributed by atoms with Gasteiger partial charge in [0.1, 0.15) is 5.60 Å². The van der Waals surface area contributed by atoms with Crippen LogP contribution in [-0.4, -0.2) is 24.9 Å². The summed E-state index contributed by atoms with van der Waals surface area (Å²) >= 11 is 0. The topological polar surface area (TPSA) is 55.5 Å². The van der Waals surface area contributed by atoms with Crippen molar-refractivity contribution in [3.63, 3.8) is 0 Å². The largest absolute Gasteiger partial charge is 0.384 e. The molecule has 1 aliphatic rings. The Kier molecular flexibility index (Phi) is 4.75. The zero-order chi connectivity index (χ0) is 12.8. The van der Waals surface area contributed by atoms with Crippen molar-refractivity contribution in [3.8, 4) is 0 Å². The van der Waals surface area contributed by atoms with Crippen molar-refractivity contribution >= 4 is 0 Å². The summed E-state index contributed by atoms with van der Waals surface area (Å²) in [5.74, 6) is 0.896. The van der Waals surface area contributed by atoms with Gasteiger partial charge in [-0.25, -0.2) is 0 Å². The summed E-state index contributed by atoms with van der Waals surface area (Å²) in [4.78, 5) is 0. The van der Waals surface area contributed by atoms with E-state index in [1.807, 2.05) is 30.3 Å². The molecule has 18 heavy (non-hydrogen) atoms. The van der Waals surface area contributed by atoms with Crippen LogP contribution in [0.4, 0.5) is 0 Å². The smallest absolute Gasteiger partial charge is 0.104 e. The molecule has 100 valence electrons. The summed E-state index contributed by atoms with van der Waals surface area (Å²) in [7, 11) is 0. The van der Waals surface area contributed by atoms with Gasteiger partial charge in [-0.15, -0.1) is 0 Å². The maximum atomic E-state index is 10.5. The molecule has 1 saturated carbocycles. The Morgan fingerprint density at radius 2 is 1.94 bits per heavy atom. The van der Waals surface area contributed by atoms with Crippen LogP contribution >= 0.6 is 0 Å². The van der Waals surface area contributed by atoms with E-state index in [0.717, 1.165) is 24.5 Å². The Balaban J connectivity index is 1.76. The van der Waals surface area contributed by atoms with Gasteiger partial charge in [-0.05, 0) is 17.9 Å². The molecule has 0 radical (unpaired) electrons. The van der Waals surface area contributed by atoms with E-state index in [2.05, 4.69) is 0 Å². The molecule has 0 saturated heterocycles. The number of nitrogens with two attached hydrogens (primary N) is 1. The number of aliphatic hydroxyl groups is 1. The predicted molar refractivity (Wildman–Crippen MR) is 72.2 cm³/mol. The second kappa shape index (κ2) is 6.32. The van der Waals surface area contributed by atoms with Gasteiger partial charge < -0.3 is 15.6 Å². The fourth-order valence-electron chi connectivity index (χ4n) is 2.11. The van der Waals surface area contributed by atoms with E-state index in [1.165, 1.54) is 12.8 Å². The van der Waals surface area contributed by atoms with Crippen LogP contribution in [0, 0.1) is 5.92 Å². The minimum absolute atomic E-state index is 0.225. The van der Waals surface area contributed by atoms with Crippen molar-refractivity contribution in [2.24, 2.45) is 11.7 Å². The van der Waals surface area contributed by atoms with Gasteiger partial charge in [0, 0.05) is 26.2 Å². The molecule has 0 aliphatic heterocycles. The molecule has 0 amide bonds. The quantitative estimate of drug-likeness (QED) is 0.693. The minimum Gasteiger partial charge on any atom is -0.384 e. The summed E-state index contributed by atoms with van der Waals surface area (Å²) in [6.45, 7) is 1.60. The van der Waals surface area contributed by atoms with Gasteiger partial charge in [0.05, 0.1) is 0 Å². The number of hydrogen-bond acceptors (Lipinski definition) is 3. The average Bonchev–Trinajstić information content (AvgIpc) is 3.23. The van der Waals surface area contributed by atoms with Crippen molar-refractivity contribution in [2.75, 3.05) is 19.8 Å². The zero-order valence-corrected chi connectivity index (χ0v) is 10.8. The Hall–Kier alpha value is -0.900. The second-order valence-electron chi connectivity index (χ2n) is 5.20. The van der Waals surface area contributed by atoms with Gasteiger partial charge in [-0.1, -0.05) is 43.2 Å². The molecule has 0 bridgehead atoms. The zero-order valence-electron chi connectivity index (χ0n) is 10.8. The molecule has 1 atom stereocenters. The maximum absolute atomic E-state index is 10.5. The summed E-state index contributed by atoms with van der Waals surface area (Å²) in [6, 6.07) is 9.61. The average molecular weight is 249 g/mol. The molecule has 0 heterocycles. The first-order valence-electron chi connectivity index (χ1n) is 6.80. The first-order chi connectivity index (χ1) is 8.74. The lowest BCUT2D eigenvalue weighted by Gasteiger charge is -2.27. The summed E-state index contributed by atoms with van der Waals surface area (Å²) in [6.07, 6.45) is 4.44. The highest BCUT2D eigenvalue weighted by atomic mass is 16.5. The molecule has 1 aromatic carbocycles. The fourth-order valence-corrected chi connectivity index (χ4v) is 2.11. The predicted octanol–water partition coefficient (Wildman–Crippen LogP) is 2.04. The molecule has 0 spiro atoms. The van der Waals surface area contributed by atoms with E-state index in [9.17, 15) is 5.11 Å². The molecule has 0 aromatic heterocycles. The third-order valence-electron chi connectivity index (χ3n) is 3.68. The highest BCUT2D eigenvalue weighted by Gasteiger charge is 2.27. The van der Waals surface area contributed by atoms with Crippen LogP contribution in [0.5, 0.6) is 0 Å². The van der Waals surface area contributed by atoms with Crippen LogP contribution in [0.15, 0.2) is 30.3 Å². The van der Waals surface area contributed by atoms with Crippen molar-refractivity contribution < 1.29 is 9.84 Å². The highest BCUT2D eigenvalue weighted by molar-refractivity contribution is 5.22. The lowest BCUT2D eigenvalue weighted by Crippen LogP contribution is -2.36. The van der Waals surface area contributed by atoms with E-state index >= 15 is 0 Å². The fraction of sp³-hybridized carbons (Fsp3) is 0.600. The van der Waals surface area contributed by atoms with E-state index in [1.54, 1.807) is 0 Å². The van der Waals surface area contributed by atoms with E-state index in [0.29, 0.717) is 13.0 Å². The molecule has 1 fully saturated rings. The second-order valence-corrected chi connectivity index (χ2v) is 5.20. The molecule has 3 nitrogen and oxygen atoms in total. The third-order valence-corrected chi connectivity index (χ3v) is 3.68. The third kappa shape index (κ3) is 3.80. The van der Waals surface area contributed by atoms with Crippen LogP contribution in [0.1, 0.15) is 31.2 Å². The van der Waals surface area contributed by atoms with Gasteiger partial charge >= 0.3 is 0 Å². The van der Waals surface area contributed by atoms with Gasteiger partial charge in [0.25, 0.3) is 0 Å². The van der Waals surface area contributed by atoms with Crippen LogP contribution in [-0.2, 0) is 10.3 Å². The normalized spacial score (nSPS) is 18.6. The summed E-state index contributed by atoms with van der Waals surface area (Å²) in [5.41, 5.74) is 5.62. The number of ether oxygens (including phenoxy) is 1. The lowest BCUT2D eigenvalue weighted by atomic mass is 9.91. The first-order valence-corrected chi connectivity index (χ1v) is 6.80. The Bertz CT molecular complexity index is 351. The Morgan fingerprint density at radius 3 is 2.56 bits per heavy atom. The van der Waals surface area contributed by atoms with Crippen molar-refractivity contribution in [2.45, 2.75) is 31.3 Å². The number of rotatable bonds is 8. The number of hydrogen-bond donors (Lipinski definition) is 2. The van der Waals surface area contributed by atoms with E-state index in [4.69, 9.17) is 10.5 Å². The molecule has 1 unspecified atom stereocenters. The van der Waals surface area contributed by atoms with Gasteiger partial charge in [0.2, 0.25) is 0 Å². The molecule has 2 rings (SSSR count). The molecule has 1 aromatic rings. The summed E-state index contributed by atoms with van der Waals surface area (Å²) < 4.78 is 5.59. The van der Waals surface area contributed by atoms with Crippen LogP contribution in [0.25, 0.3) is 0 Å². The van der Waals surface area contributed by atoms with Crippen LogP contribution in [0.2, 0.25) is 0 Å². The summed E-state index contributed by atoms with van der Waals surface area (Å²) in [5, 5.41) is 10.5. The van der Waals surface area contributed by atoms with Crippen molar-refractivity contribution in [3.05, 3.63) is 35.9 Å². The molecular formula is C15H23NO2. The molecule has 3 N–H and O–H groups in total. The van der Waals surface area contributed by atoms with Crippen LogP contribution < -0.4 is 5.73 Å². The molecular weight excluding hydrogens is 226 g/mol. The van der Waals surface area contributed by atoms with Crippen molar-refractivity contribution in [1.82, 2.24) is 0 Å². The van der Waals surface area contributed by atoms with Crippen molar-refractivity contribution in [1.29, 1.82) is 0 Å². The van der Waals surface area contributed by atoms with E-state index < -0.39 is 5.60 Å². The highest BCUT2D eigenvalue weighted by Crippen LogP contribution is 2.32. The Labute approximate surface area is 109 Å². The van der Waals surface area contributed by atoms with Gasteiger partial charge in [-0.2, -0.15) is 0 Å². The van der Waals surface area contributed by atoms with Crippen LogP contribution in [0.3, 0.4) is 0 Å². The number of benzene rings is 1. The molecule has 1 aliphatic carbocycles. The lowest BCUT2D eigenvalue weighted by molar-refractivity contribution is 0.00197.